The SMILES string of the molecule is Cn1ccc2c(C(=O)O)cc(Cl)nc21. The molecule has 5 heteroatoms. The van der Waals surface area contributed by atoms with Gasteiger partial charge in [0, 0.05) is 18.6 Å². The van der Waals surface area contributed by atoms with Gasteiger partial charge in [0.15, 0.2) is 0 Å². The van der Waals surface area contributed by atoms with Gasteiger partial charge in [0.2, 0.25) is 0 Å². The van der Waals surface area contributed by atoms with Crippen molar-refractivity contribution in [1.82, 2.24) is 9.55 Å². The first-order chi connectivity index (χ1) is 6.59. The number of carboxylic acid groups (broad SMARTS) is 1. The number of rotatable bonds is 1. The van der Waals surface area contributed by atoms with E-state index < -0.39 is 5.97 Å². The van der Waals surface area contributed by atoms with Crippen molar-refractivity contribution >= 4 is 28.6 Å². The number of fused-ring (bicyclic) bond motifs is 1. The van der Waals surface area contributed by atoms with E-state index >= 15 is 0 Å². The number of aromatic nitrogens is 2. The smallest absolute Gasteiger partial charge is 0.336 e. The van der Waals surface area contributed by atoms with Gasteiger partial charge in [-0.1, -0.05) is 11.6 Å². The van der Waals surface area contributed by atoms with Gasteiger partial charge in [0.05, 0.1) is 5.56 Å². The molecule has 0 atom stereocenters. The molecule has 2 heterocycles. The largest absolute Gasteiger partial charge is 0.478 e. The fourth-order valence-corrected chi connectivity index (χ4v) is 1.57. The number of aromatic carboxylic acids is 1. The van der Waals surface area contributed by atoms with Crippen LogP contribution in [0, 0.1) is 0 Å². The van der Waals surface area contributed by atoms with Crippen LogP contribution in [0.15, 0.2) is 18.3 Å². The highest BCUT2D eigenvalue weighted by molar-refractivity contribution is 6.30. The molecule has 2 aromatic rings. The van der Waals surface area contributed by atoms with E-state index in [4.69, 9.17) is 16.7 Å². The molecule has 0 aromatic carbocycles. The molecule has 2 rings (SSSR count). The highest BCUT2D eigenvalue weighted by Crippen LogP contribution is 2.21. The molecule has 0 aliphatic rings. The quantitative estimate of drug-likeness (QED) is 0.732. The summed E-state index contributed by atoms with van der Waals surface area (Å²) in [6, 6.07) is 3.06. The van der Waals surface area contributed by atoms with Gasteiger partial charge in [-0.2, -0.15) is 0 Å². The van der Waals surface area contributed by atoms with E-state index in [0.717, 1.165) is 0 Å². The average molecular weight is 211 g/mol. The maximum absolute atomic E-state index is 10.9. The summed E-state index contributed by atoms with van der Waals surface area (Å²) < 4.78 is 1.73. The summed E-state index contributed by atoms with van der Waals surface area (Å²) in [4.78, 5) is 14.9. The van der Waals surface area contributed by atoms with E-state index in [2.05, 4.69) is 4.98 Å². The maximum Gasteiger partial charge on any atom is 0.336 e. The van der Waals surface area contributed by atoms with Crippen LogP contribution in [0.4, 0.5) is 0 Å². The van der Waals surface area contributed by atoms with E-state index in [-0.39, 0.29) is 10.7 Å². The number of carbonyl (C=O) groups is 1. The van der Waals surface area contributed by atoms with Gasteiger partial charge in [0.1, 0.15) is 10.8 Å². The van der Waals surface area contributed by atoms with Crippen LogP contribution in [0.5, 0.6) is 0 Å². The lowest BCUT2D eigenvalue weighted by Gasteiger charge is -1.99. The summed E-state index contributed by atoms with van der Waals surface area (Å²) in [7, 11) is 1.79. The first-order valence-corrected chi connectivity index (χ1v) is 4.32. The molecule has 0 saturated heterocycles. The first-order valence-electron chi connectivity index (χ1n) is 3.94. The van der Waals surface area contributed by atoms with Crippen molar-refractivity contribution in [2.75, 3.05) is 0 Å². The Hall–Kier alpha value is -1.55. The fraction of sp³-hybridized carbons (Fsp3) is 0.111. The van der Waals surface area contributed by atoms with Gasteiger partial charge in [-0.15, -0.1) is 0 Å². The van der Waals surface area contributed by atoms with Crippen molar-refractivity contribution in [1.29, 1.82) is 0 Å². The second-order valence-corrected chi connectivity index (χ2v) is 3.35. The maximum atomic E-state index is 10.9. The molecule has 0 spiro atoms. The predicted molar refractivity (Wildman–Crippen MR) is 52.7 cm³/mol. The molecule has 2 aromatic heterocycles. The average Bonchev–Trinajstić information content (AvgIpc) is 2.47. The zero-order valence-electron chi connectivity index (χ0n) is 7.36. The fourth-order valence-electron chi connectivity index (χ4n) is 1.38. The van der Waals surface area contributed by atoms with Gasteiger partial charge in [0.25, 0.3) is 0 Å². The Bertz CT molecular complexity index is 519. The third-order valence-corrected chi connectivity index (χ3v) is 2.23. The van der Waals surface area contributed by atoms with Gasteiger partial charge < -0.3 is 9.67 Å². The molecule has 0 radical (unpaired) electrons. The lowest BCUT2D eigenvalue weighted by molar-refractivity contribution is 0.0699. The molecule has 0 saturated carbocycles. The van der Waals surface area contributed by atoms with Gasteiger partial charge >= 0.3 is 5.97 Å². The number of hydrogen-bond donors (Lipinski definition) is 1. The van der Waals surface area contributed by atoms with Crippen molar-refractivity contribution in [2.45, 2.75) is 0 Å². The normalized spacial score (nSPS) is 10.7. The Morgan fingerprint density at radius 2 is 2.36 bits per heavy atom. The van der Waals surface area contributed by atoms with E-state index in [1.165, 1.54) is 6.07 Å². The molecule has 0 bridgehead atoms. The molecule has 0 amide bonds. The summed E-state index contributed by atoms with van der Waals surface area (Å²) in [6.07, 6.45) is 1.75. The van der Waals surface area contributed by atoms with E-state index in [9.17, 15) is 4.79 Å². The molecule has 0 fully saturated rings. The zero-order chi connectivity index (χ0) is 10.3. The van der Waals surface area contributed by atoms with Crippen LogP contribution >= 0.6 is 11.6 Å². The second kappa shape index (κ2) is 2.99. The summed E-state index contributed by atoms with van der Waals surface area (Å²) in [5, 5.41) is 9.71. The number of aryl methyl sites for hydroxylation is 1. The Morgan fingerprint density at radius 3 is 3.00 bits per heavy atom. The van der Waals surface area contributed by atoms with Crippen molar-refractivity contribution < 1.29 is 9.90 Å². The van der Waals surface area contributed by atoms with E-state index in [1.54, 1.807) is 23.9 Å². The summed E-state index contributed by atoms with van der Waals surface area (Å²) in [5.41, 5.74) is 0.760. The Balaban J connectivity index is 2.88. The minimum atomic E-state index is -0.995. The van der Waals surface area contributed by atoms with Gasteiger partial charge in [-0.3, -0.25) is 0 Å². The lowest BCUT2D eigenvalue weighted by Crippen LogP contribution is -1.99. The highest BCUT2D eigenvalue weighted by Gasteiger charge is 2.12. The Labute approximate surface area is 84.7 Å². The first kappa shape index (κ1) is 9.02. The second-order valence-electron chi connectivity index (χ2n) is 2.96. The standard InChI is InChI=1S/C9H7ClN2O2/c1-12-3-2-5-6(9(13)14)4-7(10)11-8(5)12/h2-4H,1H3,(H,13,14). The number of hydrogen-bond acceptors (Lipinski definition) is 2. The van der Waals surface area contributed by atoms with Crippen LogP contribution in [-0.4, -0.2) is 20.6 Å². The third kappa shape index (κ3) is 1.24. The number of nitrogens with zero attached hydrogens (tertiary/aromatic N) is 2. The lowest BCUT2D eigenvalue weighted by atomic mass is 10.2. The van der Waals surface area contributed by atoms with Crippen LogP contribution in [0.3, 0.4) is 0 Å². The number of halogens is 1. The molecule has 14 heavy (non-hydrogen) atoms. The van der Waals surface area contributed by atoms with Crippen molar-refractivity contribution in [3.8, 4) is 0 Å². The van der Waals surface area contributed by atoms with Gasteiger partial charge in [-0.05, 0) is 12.1 Å². The molecular weight excluding hydrogens is 204 g/mol. The van der Waals surface area contributed by atoms with Crippen LogP contribution in [0.25, 0.3) is 11.0 Å². The van der Waals surface area contributed by atoms with Crippen molar-refractivity contribution in [2.24, 2.45) is 7.05 Å². The van der Waals surface area contributed by atoms with Crippen LogP contribution in [0.1, 0.15) is 10.4 Å². The van der Waals surface area contributed by atoms with Crippen LogP contribution in [-0.2, 0) is 7.05 Å². The topological polar surface area (TPSA) is 55.1 Å². The third-order valence-electron chi connectivity index (χ3n) is 2.04. The van der Waals surface area contributed by atoms with Crippen molar-refractivity contribution in [3.63, 3.8) is 0 Å². The molecule has 0 aliphatic carbocycles. The van der Waals surface area contributed by atoms with Gasteiger partial charge in [-0.25, -0.2) is 9.78 Å². The van der Waals surface area contributed by atoms with E-state index in [1.807, 2.05) is 0 Å². The number of pyridine rings is 1. The Morgan fingerprint density at radius 1 is 1.64 bits per heavy atom. The van der Waals surface area contributed by atoms with E-state index in [0.29, 0.717) is 11.0 Å². The van der Waals surface area contributed by atoms with Crippen LogP contribution < -0.4 is 0 Å². The monoisotopic (exact) mass is 210 g/mol. The zero-order valence-corrected chi connectivity index (χ0v) is 8.12. The van der Waals surface area contributed by atoms with Crippen molar-refractivity contribution in [3.05, 3.63) is 29.0 Å². The molecular formula is C9H7ClN2O2. The predicted octanol–water partition coefficient (Wildman–Crippen LogP) is 1.92. The minimum Gasteiger partial charge on any atom is -0.478 e. The van der Waals surface area contributed by atoms with Crippen LogP contribution in [0.2, 0.25) is 5.15 Å². The number of carboxylic acids is 1. The Kier molecular flexibility index (Phi) is 1.93. The summed E-state index contributed by atoms with van der Waals surface area (Å²) >= 11 is 5.71. The molecule has 4 nitrogen and oxygen atoms in total. The molecule has 0 unspecified atom stereocenters. The summed E-state index contributed by atoms with van der Waals surface area (Å²) in [6.45, 7) is 0. The molecule has 1 N–H and O–H groups in total. The molecule has 0 aliphatic heterocycles. The molecule has 72 valence electrons. The minimum absolute atomic E-state index is 0.181. The highest BCUT2D eigenvalue weighted by atomic mass is 35.5. The summed E-state index contributed by atoms with van der Waals surface area (Å²) in [5.74, 6) is -0.995.